The number of nitrogen functional groups attached to an aromatic ring is 2. The van der Waals surface area contributed by atoms with Crippen molar-refractivity contribution in [3.05, 3.63) is 23.8 Å². The fourth-order valence-electron chi connectivity index (χ4n) is 0.868. The van der Waals surface area contributed by atoms with Gasteiger partial charge < -0.3 is 16.3 Å². The van der Waals surface area contributed by atoms with Crippen molar-refractivity contribution in [2.75, 3.05) is 11.2 Å². The van der Waals surface area contributed by atoms with Gasteiger partial charge in [-0.2, -0.15) is 0 Å². The molecule has 64 valence electrons. The van der Waals surface area contributed by atoms with E-state index in [0.29, 0.717) is 11.4 Å². The van der Waals surface area contributed by atoms with E-state index in [1.807, 2.05) is 0 Å². The number of hydrogen-bond acceptors (Lipinski definition) is 4. The van der Waals surface area contributed by atoms with Crippen molar-refractivity contribution in [2.45, 2.75) is 0 Å². The van der Waals surface area contributed by atoms with E-state index in [1.54, 1.807) is 0 Å². The van der Waals surface area contributed by atoms with Gasteiger partial charge in [0.1, 0.15) is 0 Å². The molecule has 0 radical (unpaired) electrons. The SMILES string of the molecule is NNc1cc(N)ccc1C(=O)O. The zero-order valence-corrected chi connectivity index (χ0v) is 6.24. The van der Waals surface area contributed by atoms with Gasteiger partial charge >= 0.3 is 5.97 Å². The third kappa shape index (κ3) is 1.46. The smallest absolute Gasteiger partial charge is 0.337 e. The fourth-order valence-corrected chi connectivity index (χ4v) is 0.868. The molecule has 0 spiro atoms. The summed E-state index contributed by atoms with van der Waals surface area (Å²) < 4.78 is 0. The standard InChI is InChI=1S/C7H9N3O2/c8-4-1-2-5(7(11)12)6(3-4)10-9/h1-3,10H,8-9H2,(H,11,12). The van der Waals surface area contributed by atoms with Crippen LogP contribution in [0.15, 0.2) is 18.2 Å². The predicted molar refractivity (Wildman–Crippen MR) is 45.6 cm³/mol. The number of nitrogens with two attached hydrogens (primary N) is 2. The van der Waals surface area contributed by atoms with Gasteiger partial charge in [0.2, 0.25) is 0 Å². The van der Waals surface area contributed by atoms with E-state index in [2.05, 4.69) is 5.43 Å². The summed E-state index contributed by atoms with van der Waals surface area (Å²) in [6.07, 6.45) is 0. The molecule has 0 unspecified atom stereocenters. The number of hydrazine groups is 1. The molecule has 0 aromatic heterocycles. The van der Waals surface area contributed by atoms with Crippen LogP contribution in [0.2, 0.25) is 0 Å². The average Bonchev–Trinajstić information content (AvgIpc) is 2.03. The van der Waals surface area contributed by atoms with Crippen LogP contribution in [-0.4, -0.2) is 11.1 Å². The third-order valence-corrected chi connectivity index (χ3v) is 1.43. The minimum absolute atomic E-state index is 0.103. The molecule has 6 N–H and O–H groups in total. The minimum atomic E-state index is -1.04. The Morgan fingerprint density at radius 3 is 2.67 bits per heavy atom. The number of rotatable bonds is 2. The summed E-state index contributed by atoms with van der Waals surface area (Å²) in [5.74, 6) is 4.05. The van der Waals surface area contributed by atoms with Gasteiger partial charge in [-0.15, -0.1) is 0 Å². The van der Waals surface area contributed by atoms with Crippen molar-refractivity contribution in [3.8, 4) is 0 Å². The maximum Gasteiger partial charge on any atom is 0.337 e. The van der Waals surface area contributed by atoms with Crippen LogP contribution in [0.1, 0.15) is 10.4 Å². The Bertz CT molecular complexity index is 312. The first kappa shape index (κ1) is 8.35. The molecule has 5 heteroatoms. The first-order chi connectivity index (χ1) is 5.65. The molecule has 1 aromatic carbocycles. The largest absolute Gasteiger partial charge is 0.478 e. The summed E-state index contributed by atoms with van der Waals surface area (Å²) in [5.41, 5.74) is 8.55. The molecule has 0 saturated heterocycles. The molecule has 0 aliphatic carbocycles. The Hall–Kier alpha value is -1.75. The first-order valence-electron chi connectivity index (χ1n) is 3.24. The molecule has 1 rings (SSSR count). The van der Waals surface area contributed by atoms with Gasteiger partial charge in [0, 0.05) is 5.69 Å². The Labute approximate surface area is 69.0 Å². The second-order valence-corrected chi connectivity index (χ2v) is 2.25. The van der Waals surface area contributed by atoms with Gasteiger partial charge in [-0.05, 0) is 18.2 Å². The lowest BCUT2D eigenvalue weighted by atomic mass is 10.1. The quantitative estimate of drug-likeness (QED) is 0.287. The topological polar surface area (TPSA) is 101 Å². The number of nitrogens with one attached hydrogen (secondary N) is 1. The van der Waals surface area contributed by atoms with Crippen LogP contribution in [0.4, 0.5) is 11.4 Å². The number of carboxylic acid groups (broad SMARTS) is 1. The molecule has 0 atom stereocenters. The molecule has 0 bridgehead atoms. The van der Waals surface area contributed by atoms with E-state index >= 15 is 0 Å². The van der Waals surface area contributed by atoms with Crippen molar-refractivity contribution in [2.24, 2.45) is 5.84 Å². The molecule has 0 heterocycles. The number of carboxylic acids is 1. The first-order valence-corrected chi connectivity index (χ1v) is 3.24. The molecule has 12 heavy (non-hydrogen) atoms. The van der Waals surface area contributed by atoms with Crippen LogP contribution in [-0.2, 0) is 0 Å². The van der Waals surface area contributed by atoms with Crippen molar-refractivity contribution < 1.29 is 9.90 Å². The summed E-state index contributed by atoms with van der Waals surface area (Å²) in [5, 5.41) is 8.65. The van der Waals surface area contributed by atoms with E-state index in [-0.39, 0.29) is 5.56 Å². The van der Waals surface area contributed by atoms with Gasteiger partial charge in [-0.1, -0.05) is 0 Å². The molecule has 0 amide bonds. The van der Waals surface area contributed by atoms with E-state index < -0.39 is 5.97 Å². The second kappa shape index (κ2) is 3.10. The maximum atomic E-state index is 10.6. The maximum absolute atomic E-state index is 10.6. The Morgan fingerprint density at radius 2 is 2.17 bits per heavy atom. The monoisotopic (exact) mass is 167 g/mol. The molecule has 1 aromatic rings. The van der Waals surface area contributed by atoms with Crippen LogP contribution in [0.5, 0.6) is 0 Å². The van der Waals surface area contributed by atoms with E-state index in [9.17, 15) is 4.79 Å². The Balaban J connectivity index is 3.20. The van der Waals surface area contributed by atoms with E-state index in [4.69, 9.17) is 16.7 Å². The number of carbonyl (C=O) groups is 1. The number of anilines is 2. The number of benzene rings is 1. The summed E-state index contributed by atoms with van der Waals surface area (Å²) in [4.78, 5) is 10.6. The van der Waals surface area contributed by atoms with E-state index in [0.717, 1.165) is 0 Å². The summed E-state index contributed by atoms with van der Waals surface area (Å²) in [7, 11) is 0. The highest BCUT2D eigenvalue weighted by Gasteiger charge is 2.08. The van der Waals surface area contributed by atoms with Crippen molar-refractivity contribution >= 4 is 17.3 Å². The molecule has 5 nitrogen and oxygen atoms in total. The normalized spacial score (nSPS) is 9.42. The van der Waals surface area contributed by atoms with Gasteiger partial charge in [0.15, 0.2) is 0 Å². The molecule has 0 saturated carbocycles. The second-order valence-electron chi connectivity index (χ2n) is 2.25. The Kier molecular flexibility index (Phi) is 2.16. The summed E-state index contributed by atoms with van der Waals surface area (Å²) >= 11 is 0. The highest BCUT2D eigenvalue weighted by atomic mass is 16.4. The fraction of sp³-hybridized carbons (Fsp3) is 0. The van der Waals surface area contributed by atoms with Crippen molar-refractivity contribution in [1.82, 2.24) is 0 Å². The zero-order valence-electron chi connectivity index (χ0n) is 6.24. The summed E-state index contributed by atoms with van der Waals surface area (Å²) in [6.45, 7) is 0. The van der Waals surface area contributed by atoms with Crippen LogP contribution in [0.25, 0.3) is 0 Å². The highest BCUT2D eigenvalue weighted by Crippen LogP contribution is 2.17. The lowest BCUT2D eigenvalue weighted by Gasteiger charge is -2.04. The minimum Gasteiger partial charge on any atom is -0.478 e. The molecule has 0 aliphatic heterocycles. The van der Waals surface area contributed by atoms with Gasteiger partial charge in [-0.25, -0.2) is 4.79 Å². The lowest BCUT2D eigenvalue weighted by molar-refractivity contribution is 0.0698. The average molecular weight is 167 g/mol. The number of hydrogen-bond donors (Lipinski definition) is 4. The summed E-state index contributed by atoms with van der Waals surface area (Å²) in [6, 6.07) is 4.36. The lowest BCUT2D eigenvalue weighted by Crippen LogP contribution is -2.12. The van der Waals surface area contributed by atoms with Crippen LogP contribution in [0, 0.1) is 0 Å². The zero-order chi connectivity index (χ0) is 9.14. The predicted octanol–water partition coefficient (Wildman–Crippen LogP) is 0.253. The third-order valence-electron chi connectivity index (χ3n) is 1.43. The van der Waals surface area contributed by atoms with Crippen LogP contribution >= 0.6 is 0 Å². The van der Waals surface area contributed by atoms with Crippen molar-refractivity contribution in [3.63, 3.8) is 0 Å². The highest BCUT2D eigenvalue weighted by molar-refractivity contribution is 5.94. The Morgan fingerprint density at radius 1 is 1.50 bits per heavy atom. The molecular formula is C7H9N3O2. The molecule has 0 aliphatic rings. The van der Waals surface area contributed by atoms with Crippen LogP contribution < -0.4 is 17.0 Å². The van der Waals surface area contributed by atoms with E-state index in [1.165, 1.54) is 18.2 Å². The van der Waals surface area contributed by atoms with Crippen LogP contribution in [0.3, 0.4) is 0 Å². The van der Waals surface area contributed by atoms with Gasteiger partial charge in [0.05, 0.1) is 11.3 Å². The molecule has 0 fully saturated rings. The van der Waals surface area contributed by atoms with Gasteiger partial charge in [-0.3, -0.25) is 5.84 Å². The van der Waals surface area contributed by atoms with Gasteiger partial charge in [0.25, 0.3) is 0 Å². The number of aromatic carboxylic acids is 1. The molecular weight excluding hydrogens is 158 g/mol. The van der Waals surface area contributed by atoms with Crippen molar-refractivity contribution in [1.29, 1.82) is 0 Å².